The molecule has 6 heteroatoms. The zero-order chi connectivity index (χ0) is 39.7. The van der Waals surface area contributed by atoms with Gasteiger partial charge >= 0.3 is 17.9 Å². The van der Waals surface area contributed by atoms with E-state index >= 15 is 0 Å². The summed E-state index contributed by atoms with van der Waals surface area (Å²) in [4.78, 5) is 37.7. The third-order valence-corrected chi connectivity index (χ3v) is 10.7. The van der Waals surface area contributed by atoms with Crippen molar-refractivity contribution in [1.82, 2.24) is 0 Å². The fraction of sp³-hybridized carbons (Fsp3) is 0.938. The lowest BCUT2D eigenvalue weighted by Crippen LogP contribution is -2.30. The molecule has 0 rings (SSSR count). The van der Waals surface area contributed by atoms with Crippen LogP contribution in [0.25, 0.3) is 0 Å². The molecule has 0 bridgehead atoms. The summed E-state index contributed by atoms with van der Waals surface area (Å²) in [5.41, 5.74) is 0. The van der Waals surface area contributed by atoms with Crippen LogP contribution in [0.5, 0.6) is 0 Å². The largest absolute Gasteiger partial charge is 0.462 e. The highest BCUT2D eigenvalue weighted by molar-refractivity contribution is 5.71. The highest BCUT2D eigenvalue weighted by Gasteiger charge is 2.19. The maximum atomic E-state index is 12.7. The van der Waals surface area contributed by atoms with Crippen LogP contribution >= 0.6 is 0 Å². The number of carbonyl (C=O) groups is 3. The van der Waals surface area contributed by atoms with Gasteiger partial charge in [-0.05, 0) is 31.1 Å². The molecule has 0 heterocycles. The molecule has 0 aliphatic heterocycles. The molecule has 0 amide bonds. The normalized spacial score (nSPS) is 12.1. The number of hydrogen-bond donors (Lipinski definition) is 0. The number of carbonyl (C=O) groups excluding carboxylic acids is 3. The number of rotatable bonds is 42. The van der Waals surface area contributed by atoms with Crippen LogP contribution in [0.4, 0.5) is 0 Å². The Morgan fingerprint density at radius 1 is 0.352 bits per heavy atom. The molecule has 0 aromatic carbocycles. The van der Waals surface area contributed by atoms with E-state index in [4.69, 9.17) is 14.2 Å². The van der Waals surface area contributed by atoms with Crippen molar-refractivity contribution >= 4 is 17.9 Å². The second kappa shape index (κ2) is 41.1. The lowest BCUT2D eigenvalue weighted by molar-refractivity contribution is -0.167. The number of unbranched alkanes of at least 4 members (excludes halogenated alkanes) is 27. The van der Waals surface area contributed by atoms with Crippen molar-refractivity contribution in [2.45, 2.75) is 265 Å². The van der Waals surface area contributed by atoms with Crippen LogP contribution in [0.1, 0.15) is 259 Å². The van der Waals surface area contributed by atoms with E-state index < -0.39 is 6.10 Å². The Balaban J connectivity index is 4.30. The van der Waals surface area contributed by atoms with Gasteiger partial charge in [0.1, 0.15) is 13.2 Å². The molecule has 0 spiro atoms. The van der Waals surface area contributed by atoms with Crippen LogP contribution in [0.2, 0.25) is 0 Å². The van der Waals surface area contributed by atoms with Crippen LogP contribution in [-0.2, 0) is 28.6 Å². The highest BCUT2D eigenvalue weighted by atomic mass is 16.6. The van der Waals surface area contributed by atoms with E-state index in [-0.39, 0.29) is 31.1 Å². The van der Waals surface area contributed by atoms with E-state index in [9.17, 15) is 14.4 Å². The number of hydrogen-bond acceptors (Lipinski definition) is 6. The summed E-state index contributed by atoms with van der Waals surface area (Å²) in [7, 11) is 0. The van der Waals surface area contributed by atoms with Crippen LogP contribution in [0, 0.1) is 11.8 Å². The summed E-state index contributed by atoms with van der Waals surface area (Å²) in [6, 6.07) is 0. The summed E-state index contributed by atoms with van der Waals surface area (Å²) in [6.07, 6.45) is 39.5. The molecule has 0 saturated heterocycles. The molecule has 54 heavy (non-hydrogen) atoms. The van der Waals surface area contributed by atoms with Crippen molar-refractivity contribution < 1.29 is 28.6 Å². The average Bonchev–Trinajstić information content (AvgIpc) is 3.14. The van der Waals surface area contributed by atoms with E-state index in [1.54, 1.807) is 0 Å². The SMILES string of the molecule is CCCCCCCCCCCCCC(=O)O[C@@H](COC(=O)CCCCCCCCCCCCCCC(C)C)COC(=O)CCCCCCCCCC(C)C. The molecule has 320 valence electrons. The Morgan fingerprint density at radius 3 is 0.907 bits per heavy atom. The zero-order valence-corrected chi connectivity index (χ0v) is 36.8. The minimum Gasteiger partial charge on any atom is -0.462 e. The van der Waals surface area contributed by atoms with E-state index in [0.717, 1.165) is 69.6 Å². The molecule has 0 aromatic heterocycles. The van der Waals surface area contributed by atoms with Crippen molar-refractivity contribution in [3.63, 3.8) is 0 Å². The molecule has 0 aliphatic rings. The Bertz CT molecular complexity index is 824. The van der Waals surface area contributed by atoms with Gasteiger partial charge < -0.3 is 14.2 Å². The predicted molar refractivity (Wildman–Crippen MR) is 229 cm³/mol. The van der Waals surface area contributed by atoms with Crippen molar-refractivity contribution in [2.75, 3.05) is 13.2 Å². The average molecular weight is 765 g/mol. The summed E-state index contributed by atoms with van der Waals surface area (Å²) >= 11 is 0. The topological polar surface area (TPSA) is 78.9 Å². The molecular formula is C48H92O6. The molecule has 0 aliphatic carbocycles. The van der Waals surface area contributed by atoms with Crippen LogP contribution in [0.3, 0.4) is 0 Å². The predicted octanol–water partition coefficient (Wildman–Crippen LogP) is 15.0. The van der Waals surface area contributed by atoms with Gasteiger partial charge in [0.25, 0.3) is 0 Å². The van der Waals surface area contributed by atoms with Gasteiger partial charge in [-0.25, -0.2) is 0 Å². The second-order valence-corrected chi connectivity index (χ2v) is 17.3. The summed E-state index contributed by atoms with van der Waals surface area (Å²) in [6.45, 7) is 11.3. The Kier molecular flexibility index (Phi) is 39.8. The van der Waals surface area contributed by atoms with Crippen molar-refractivity contribution in [3.8, 4) is 0 Å². The van der Waals surface area contributed by atoms with Gasteiger partial charge in [-0.3, -0.25) is 14.4 Å². The fourth-order valence-electron chi connectivity index (χ4n) is 7.11. The molecule has 0 N–H and O–H groups in total. The first-order valence-corrected chi connectivity index (χ1v) is 23.7. The smallest absolute Gasteiger partial charge is 0.306 e. The van der Waals surface area contributed by atoms with Gasteiger partial charge in [0.15, 0.2) is 6.10 Å². The van der Waals surface area contributed by atoms with Gasteiger partial charge in [0.05, 0.1) is 0 Å². The van der Waals surface area contributed by atoms with Gasteiger partial charge in [0.2, 0.25) is 0 Å². The van der Waals surface area contributed by atoms with Crippen molar-refractivity contribution in [2.24, 2.45) is 11.8 Å². The molecule has 0 saturated carbocycles. The minimum atomic E-state index is -0.760. The van der Waals surface area contributed by atoms with E-state index in [1.165, 1.54) is 148 Å². The lowest BCUT2D eigenvalue weighted by atomic mass is 10.0. The number of ether oxygens (including phenoxy) is 3. The van der Waals surface area contributed by atoms with Gasteiger partial charge in [-0.1, -0.05) is 221 Å². The fourth-order valence-corrected chi connectivity index (χ4v) is 7.11. The minimum absolute atomic E-state index is 0.0648. The first-order valence-electron chi connectivity index (χ1n) is 23.7. The standard InChI is InChI=1S/C48H92O6/c1-6-7-8-9-10-11-14-19-24-30-35-40-48(51)54-45(42-53-47(50)39-34-29-25-20-22-27-32-37-44(4)5)41-52-46(49)38-33-28-23-18-16-13-12-15-17-21-26-31-36-43(2)3/h43-45H,6-42H2,1-5H3/t45-/m0/s1. The van der Waals surface area contributed by atoms with Gasteiger partial charge in [-0.15, -0.1) is 0 Å². The first kappa shape index (κ1) is 52.4. The third kappa shape index (κ3) is 41.6. The summed E-state index contributed by atoms with van der Waals surface area (Å²) in [5.74, 6) is 0.758. The van der Waals surface area contributed by atoms with Gasteiger partial charge in [0, 0.05) is 19.3 Å². The first-order chi connectivity index (χ1) is 26.2. The molecule has 0 unspecified atom stereocenters. The van der Waals surface area contributed by atoms with Crippen LogP contribution in [-0.4, -0.2) is 37.2 Å². The molecule has 0 radical (unpaired) electrons. The van der Waals surface area contributed by atoms with Crippen molar-refractivity contribution in [3.05, 3.63) is 0 Å². The molecule has 0 aromatic rings. The summed E-state index contributed by atoms with van der Waals surface area (Å²) in [5, 5.41) is 0. The number of esters is 3. The van der Waals surface area contributed by atoms with Crippen LogP contribution < -0.4 is 0 Å². The molecule has 6 nitrogen and oxygen atoms in total. The Hall–Kier alpha value is -1.59. The molecule has 1 atom stereocenters. The molecule has 0 fully saturated rings. The quantitative estimate of drug-likeness (QED) is 0.0350. The monoisotopic (exact) mass is 765 g/mol. The second-order valence-electron chi connectivity index (χ2n) is 17.3. The maximum Gasteiger partial charge on any atom is 0.306 e. The van der Waals surface area contributed by atoms with Crippen LogP contribution in [0.15, 0.2) is 0 Å². The highest BCUT2D eigenvalue weighted by Crippen LogP contribution is 2.17. The van der Waals surface area contributed by atoms with E-state index in [0.29, 0.717) is 19.3 Å². The molecular weight excluding hydrogens is 673 g/mol. The maximum absolute atomic E-state index is 12.7. The Morgan fingerprint density at radius 2 is 0.611 bits per heavy atom. The summed E-state index contributed by atoms with van der Waals surface area (Å²) < 4.78 is 16.7. The van der Waals surface area contributed by atoms with Crippen molar-refractivity contribution in [1.29, 1.82) is 0 Å². The van der Waals surface area contributed by atoms with E-state index in [2.05, 4.69) is 34.6 Å². The van der Waals surface area contributed by atoms with Gasteiger partial charge in [-0.2, -0.15) is 0 Å². The lowest BCUT2D eigenvalue weighted by Gasteiger charge is -2.18. The Labute approximate surface area is 336 Å². The zero-order valence-electron chi connectivity index (χ0n) is 36.8. The van der Waals surface area contributed by atoms with E-state index in [1.807, 2.05) is 0 Å². The third-order valence-electron chi connectivity index (χ3n) is 10.7.